The third-order valence-electron chi connectivity index (χ3n) is 6.84. The number of aryl methyl sites for hydroxylation is 1. The van der Waals surface area contributed by atoms with E-state index in [-0.39, 0.29) is 29.8 Å². The summed E-state index contributed by atoms with van der Waals surface area (Å²) in [5, 5.41) is 4.27. The Kier molecular flexibility index (Phi) is 5.50. The van der Waals surface area contributed by atoms with Crippen molar-refractivity contribution in [2.24, 2.45) is 5.41 Å². The van der Waals surface area contributed by atoms with Crippen LogP contribution in [0.1, 0.15) is 64.2 Å². The van der Waals surface area contributed by atoms with Crippen molar-refractivity contribution in [1.29, 1.82) is 0 Å². The highest BCUT2D eigenvalue weighted by atomic mass is 16.2. The van der Waals surface area contributed by atoms with Gasteiger partial charge in [0.15, 0.2) is 0 Å². The molecule has 1 aliphatic carbocycles. The van der Waals surface area contributed by atoms with Crippen LogP contribution in [0.4, 0.5) is 0 Å². The molecule has 0 N–H and O–H groups in total. The largest absolute Gasteiger partial charge is 0.338 e. The third kappa shape index (κ3) is 4.19. The highest BCUT2D eigenvalue weighted by molar-refractivity contribution is 5.86. The maximum Gasteiger partial charge on any atom is 0.242 e. The van der Waals surface area contributed by atoms with Gasteiger partial charge < -0.3 is 9.80 Å². The van der Waals surface area contributed by atoms with Gasteiger partial charge in [0.05, 0.1) is 6.54 Å². The van der Waals surface area contributed by atoms with Crippen LogP contribution in [0.2, 0.25) is 0 Å². The molecule has 2 aliphatic heterocycles. The molecule has 0 aromatic carbocycles. The minimum atomic E-state index is 0.140. The van der Waals surface area contributed by atoms with Crippen molar-refractivity contribution >= 4 is 11.8 Å². The zero-order valence-corrected chi connectivity index (χ0v) is 16.3. The molecule has 3 heterocycles. The molecule has 6 nitrogen and oxygen atoms in total. The standard InChI is InChI=1S/C21H32N4O2/c26-19-15-21(9-3-1-4-10-21)17-23(19)16-20(27)25-13-5-2-7-18(25)8-14-24-12-6-11-22-24/h6,11-12,18H,1-5,7-10,13-17H2/t18-/m1/s1. The van der Waals surface area contributed by atoms with Gasteiger partial charge in [-0.3, -0.25) is 14.3 Å². The summed E-state index contributed by atoms with van der Waals surface area (Å²) in [5.41, 5.74) is 0.164. The highest BCUT2D eigenvalue weighted by Crippen LogP contribution is 2.44. The van der Waals surface area contributed by atoms with Crippen LogP contribution in [0.25, 0.3) is 0 Å². The number of likely N-dealkylation sites (tertiary alicyclic amines) is 2. The smallest absolute Gasteiger partial charge is 0.242 e. The molecule has 1 aromatic heterocycles. The van der Waals surface area contributed by atoms with E-state index in [1.807, 2.05) is 26.7 Å². The molecule has 27 heavy (non-hydrogen) atoms. The minimum Gasteiger partial charge on any atom is -0.338 e. The quantitative estimate of drug-likeness (QED) is 0.799. The maximum atomic E-state index is 13.1. The first kappa shape index (κ1) is 18.5. The summed E-state index contributed by atoms with van der Waals surface area (Å²) in [6.45, 7) is 2.74. The lowest BCUT2D eigenvalue weighted by atomic mass is 9.73. The zero-order chi connectivity index (χ0) is 18.7. The number of amides is 2. The number of hydrogen-bond donors (Lipinski definition) is 0. The topological polar surface area (TPSA) is 58.4 Å². The number of rotatable bonds is 5. The number of carbonyl (C=O) groups excluding carboxylic acids is 2. The van der Waals surface area contributed by atoms with Gasteiger partial charge in [-0.1, -0.05) is 19.3 Å². The van der Waals surface area contributed by atoms with Gasteiger partial charge in [-0.05, 0) is 50.0 Å². The second kappa shape index (κ2) is 8.03. The van der Waals surface area contributed by atoms with Crippen LogP contribution in [-0.2, 0) is 16.1 Å². The van der Waals surface area contributed by atoms with Crippen molar-refractivity contribution in [3.05, 3.63) is 18.5 Å². The third-order valence-corrected chi connectivity index (χ3v) is 6.84. The second-order valence-electron chi connectivity index (χ2n) is 8.78. The van der Waals surface area contributed by atoms with Crippen molar-refractivity contribution < 1.29 is 9.59 Å². The van der Waals surface area contributed by atoms with Crippen LogP contribution in [0, 0.1) is 5.41 Å². The fourth-order valence-electron chi connectivity index (χ4n) is 5.36. The Morgan fingerprint density at radius 2 is 2.04 bits per heavy atom. The molecule has 1 spiro atoms. The number of piperidine rings is 1. The summed E-state index contributed by atoms with van der Waals surface area (Å²) < 4.78 is 1.94. The van der Waals surface area contributed by atoms with E-state index in [0.29, 0.717) is 6.42 Å². The molecule has 0 radical (unpaired) electrons. The summed E-state index contributed by atoms with van der Waals surface area (Å²) in [6, 6.07) is 2.21. The second-order valence-corrected chi connectivity index (χ2v) is 8.78. The molecule has 1 saturated carbocycles. The Hall–Kier alpha value is -1.85. The first-order valence-corrected chi connectivity index (χ1v) is 10.7. The van der Waals surface area contributed by atoms with Crippen LogP contribution in [-0.4, -0.2) is 57.1 Å². The number of hydrogen-bond acceptors (Lipinski definition) is 3. The molecule has 3 aliphatic rings. The predicted molar refractivity (Wildman–Crippen MR) is 103 cm³/mol. The normalized spacial score (nSPS) is 25.3. The van der Waals surface area contributed by atoms with Crippen molar-refractivity contribution in [2.75, 3.05) is 19.6 Å². The lowest BCUT2D eigenvalue weighted by molar-refractivity contribution is -0.141. The van der Waals surface area contributed by atoms with Crippen molar-refractivity contribution in [1.82, 2.24) is 19.6 Å². The van der Waals surface area contributed by atoms with Crippen LogP contribution in [0.3, 0.4) is 0 Å². The van der Waals surface area contributed by atoms with Crippen molar-refractivity contribution in [3.8, 4) is 0 Å². The van der Waals surface area contributed by atoms with E-state index in [1.54, 1.807) is 6.20 Å². The van der Waals surface area contributed by atoms with Gasteiger partial charge in [-0.15, -0.1) is 0 Å². The van der Waals surface area contributed by atoms with E-state index in [2.05, 4.69) is 5.10 Å². The van der Waals surface area contributed by atoms with E-state index in [4.69, 9.17) is 0 Å². The average molecular weight is 373 g/mol. The summed E-state index contributed by atoms with van der Waals surface area (Å²) in [5.74, 6) is 0.330. The molecule has 0 bridgehead atoms. The molecule has 148 valence electrons. The lowest BCUT2D eigenvalue weighted by Crippen LogP contribution is -2.48. The van der Waals surface area contributed by atoms with E-state index < -0.39 is 0 Å². The van der Waals surface area contributed by atoms with E-state index in [0.717, 1.165) is 51.7 Å². The van der Waals surface area contributed by atoms with E-state index >= 15 is 0 Å². The molecular weight excluding hydrogens is 340 g/mol. The summed E-state index contributed by atoms with van der Waals surface area (Å²) >= 11 is 0. The Bertz CT molecular complexity index is 651. The number of nitrogens with zero attached hydrogens (tertiary/aromatic N) is 4. The zero-order valence-electron chi connectivity index (χ0n) is 16.3. The van der Waals surface area contributed by atoms with Gasteiger partial charge in [0.1, 0.15) is 0 Å². The fraction of sp³-hybridized carbons (Fsp3) is 0.762. The fourth-order valence-corrected chi connectivity index (χ4v) is 5.36. The van der Waals surface area contributed by atoms with Gasteiger partial charge in [0.25, 0.3) is 0 Å². The van der Waals surface area contributed by atoms with Gasteiger partial charge in [0.2, 0.25) is 11.8 Å². The van der Waals surface area contributed by atoms with Crippen LogP contribution in [0.5, 0.6) is 0 Å². The van der Waals surface area contributed by atoms with Gasteiger partial charge >= 0.3 is 0 Å². The Morgan fingerprint density at radius 1 is 1.19 bits per heavy atom. The summed E-state index contributed by atoms with van der Waals surface area (Å²) in [6.07, 6.45) is 14.7. The van der Waals surface area contributed by atoms with Gasteiger partial charge in [-0.25, -0.2) is 0 Å². The van der Waals surface area contributed by atoms with Crippen LogP contribution in [0.15, 0.2) is 18.5 Å². The molecule has 0 unspecified atom stereocenters. The molecule has 2 amide bonds. The monoisotopic (exact) mass is 372 g/mol. The number of aromatic nitrogens is 2. The molecular formula is C21H32N4O2. The van der Waals surface area contributed by atoms with E-state index in [1.165, 1.54) is 25.7 Å². The van der Waals surface area contributed by atoms with Gasteiger partial charge in [0, 0.05) is 44.5 Å². The van der Waals surface area contributed by atoms with Crippen molar-refractivity contribution in [2.45, 2.75) is 76.8 Å². The molecule has 3 fully saturated rings. The highest BCUT2D eigenvalue weighted by Gasteiger charge is 2.44. The van der Waals surface area contributed by atoms with Crippen LogP contribution >= 0.6 is 0 Å². The Balaban J connectivity index is 1.35. The molecule has 4 rings (SSSR count). The average Bonchev–Trinajstić information content (AvgIpc) is 3.29. The van der Waals surface area contributed by atoms with Crippen molar-refractivity contribution in [3.63, 3.8) is 0 Å². The molecule has 1 atom stereocenters. The minimum absolute atomic E-state index is 0.140. The first-order chi connectivity index (χ1) is 13.2. The molecule has 6 heteroatoms. The van der Waals surface area contributed by atoms with Gasteiger partial charge in [-0.2, -0.15) is 5.10 Å². The first-order valence-electron chi connectivity index (χ1n) is 10.7. The Morgan fingerprint density at radius 3 is 2.81 bits per heavy atom. The summed E-state index contributed by atoms with van der Waals surface area (Å²) in [4.78, 5) is 29.5. The predicted octanol–water partition coefficient (Wildman–Crippen LogP) is 2.84. The maximum absolute atomic E-state index is 13.1. The van der Waals surface area contributed by atoms with Crippen LogP contribution < -0.4 is 0 Å². The summed E-state index contributed by atoms with van der Waals surface area (Å²) in [7, 11) is 0. The lowest BCUT2D eigenvalue weighted by Gasteiger charge is -2.37. The number of carbonyl (C=O) groups is 2. The molecule has 2 saturated heterocycles. The molecule has 1 aromatic rings. The SMILES string of the molecule is O=C1CC2(CCCCC2)CN1CC(=O)N1CCCC[C@@H]1CCn1cccn1. The Labute approximate surface area is 161 Å². The van der Waals surface area contributed by atoms with E-state index in [9.17, 15) is 9.59 Å².